The van der Waals surface area contributed by atoms with Crippen molar-refractivity contribution in [2.75, 3.05) is 20.1 Å². The quantitative estimate of drug-likeness (QED) is 0.773. The number of benzene rings is 1. The molecule has 2 rings (SSSR count). The van der Waals surface area contributed by atoms with Crippen molar-refractivity contribution >= 4 is 10.0 Å². The smallest absolute Gasteiger partial charge is 0.243 e. The van der Waals surface area contributed by atoms with E-state index in [0.29, 0.717) is 4.90 Å². The van der Waals surface area contributed by atoms with Gasteiger partial charge in [0, 0.05) is 13.1 Å². The van der Waals surface area contributed by atoms with Crippen LogP contribution in [-0.4, -0.2) is 38.9 Å². The molecule has 1 aromatic rings. The van der Waals surface area contributed by atoms with Crippen LogP contribution in [0.15, 0.2) is 29.2 Å². The summed E-state index contributed by atoms with van der Waals surface area (Å²) in [7, 11) is -1.63. The van der Waals surface area contributed by atoms with Gasteiger partial charge in [0.2, 0.25) is 10.0 Å². The van der Waals surface area contributed by atoms with Crippen LogP contribution in [0, 0.1) is 0 Å². The van der Waals surface area contributed by atoms with Gasteiger partial charge < -0.3 is 5.32 Å². The summed E-state index contributed by atoms with van der Waals surface area (Å²) in [5.74, 6) is 0. The van der Waals surface area contributed by atoms with Crippen LogP contribution in [0.5, 0.6) is 0 Å². The van der Waals surface area contributed by atoms with Crippen LogP contribution in [0.2, 0.25) is 0 Å². The first-order chi connectivity index (χ1) is 9.05. The molecule has 0 aliphatic heterocycles. The highest BCUT2D eigenvalue weighted by Crippen LogP contribution is 2.30. The van der Waals surface area contributed by atoms with Crippen LogP contribution in [-0.2, 0) is 16.4 Å². The van der Waals surface area contributed by atoms with Gasteiger partial charge in [0.15, 0.2) is 0 Å². The predicted molar refractivity (Wildman–Crippen MR) is 76.7 cm³/mol. The average molecular weight is 282 g/mol. The third-order valence-corrected chi connectivity index (χ3v) is 5.43. The molecule has 0 bridgehead atoms. The highest BCUT2D eigenvalue weighted by Gasteiger charge is 2.34. The summed E-state index contributed by atoms with van der Waals surface area (Å²) in [6, 6.07) is 7.46. The summed E-state index contributed by atoms with van der Waals surface area (Å²) >= 11 is 0. The molecule has 4 nitrogen and oxygen atoms in total. The Morgan fingerprint density at radius 1 is 1.26 bits per heavy atom. The van der Waals surface area contributed by atoms with Crippen molar-refractivity contribution in [2.24, 2.45) is 0 Å². The summed E-state index contributed by atoms with van der Waals surface area (Å²) in [6.45, 7) is 3.95. The second-order valence-corrected chi connectivity index (χ2v) is 7.00. The third kappa shape index (κ3) is 3.55. The molecule has 1 aromatic carbocycles. The molecule has 0 saturated heterocycles. The van der Waals surface area contributed by atoms with E-state index < -0.39 is 10.0 Å². The normalized spacial score (nSPS) is 15.9. The molecule has 19 heavy (non-hydrogen) atoms. The molecule has 106 valence electrons. The Morgan fingerprint density at radius 3 is 2.42 bits per heavy atom. The van der Waals surface area contributed by atoms with Crippen LogP contribution >= 0.6 is 0 Å². The maximum absolute atomic E-state index is 12.3. The molecule has 5 heteroatoms. The lowest BCUT2D eigenvalue weighted by atomic mass is 10.1. The SMILES string of the molecule is CCNCCc1ccc(S(=O)(=O)N(C)C2CC2)cc1. The summed E-state index contributed by atoms with van der Waals surface area (Å²) in [5, 5.41) is 3.26. The standard InChI is InChI=1S/C14H22N2O2S/c1-3-15-11-10-12-4-8-14(9-5-12)19(17,18)16(2)13-6-7-13/h4-5,8-9,13,15H,3,6-7,10-11H2,1-2H3. The topological polar surface area (TPSA) is 49.4 Å². The van der Waals surface area contributed by atoms with Gasteiger partial charge in [-0.2, -0.15) is 4.31 Å². The first-order valence-electron chi connectivity index (χ1n) is 6.83. The zero-order valence-corrected chi connectivity index (χ0v) is 12.4. The van der Waals surface area contributed by atoms with Crippen LogP contribution in [0.1, 0.15) is 25.3 Å². The van der Waals surface area contributed by atoms with Crippen LogP contribution in [0.4, 0.5) is 0 Å². The fourth-order valence-corrected chi connectivity index (χ4v) is 3.45. The molecule has 1 N–H and O–H groups in total. The molecule has 1 fully saturated rings. The van der Waals surface area contributed by atoms with E-state index in [9.17, 15) is 8.42 Å². The Balaban J connectivity index is 2.04. The molecule has 1 saturated carbocycles. The fourth-order valence-electron chi connectivity index (χ4n) is 2.04. The second-order valence-electron chi connectivity index (χ2n) is 5.00. The van der Waals surface area contributed by atoms with E-state index in [0.717, 1.165) is 37.9 Å². The highest BCUT2D eigenvalue weighted by molar-refractivity contribution is 7.89. The minimum absolute atomic E-state index is 0.207. The maximum atomic E-state index is 12.3. The number of hydrogen-bond acceptors (Lipinski definition) is 3. The van der Waals surface area contributed by atoms with E-state index in [-0.39, 0.29) is 6.04 Å². The third-order valence-electron chi connectivity index (χ3n) is 3.50. The zero-order valence-electron chi connectivity index (χ0n) is 11.6. The van der Waals surface area contributed by atoms with E-state index in [4.69, 9.17) is 0 Å². The highest BCUT2D eigenvalue weighted by atomic mass is 32.2. The van der Waals surface area contributed by atoms with Gasteiger partial charge in [-0.1, -0.05) is 19.1 Å². The lowest BCUT2D eigenvalue weighted by Gasteiger charge is -2.16. The summed E-state index contributed by atoms with van der Waals surface area (Å²) in [6.07, 6.45) is 2.89. The van der Waals surface area contributed by atoms with Crippen molar-refractivity contribution in [1.29, 1.82) is 0 Å². The number of likely N-dealkylation sites (N-methyl/N-ethyl adjacent to an activating group) is 1. The molecule has 0 unspecified atom stereocenters. The van der Waals surface area contributed by atoms with Crippen LogP contribution < -0.4 is 5.32 Å². The van der Waals surface area contributed by atoms with Gasteiger partial charge in [-0.25, -0.2) is 8.42 Å². The summed E-state index contributed by atoms with van der Waals surface area (Å²) in [5.41, 5.74) is 1.16. The first kappa shape index (κ1) is 14.5. The lowest BCUT2D eigenvalue weighted by molar-refractivity contribution is 0.464. The Morgan fingerprint density at radius 2 is 1.89 bits per heavy atom. The van der Waals surface area contributed by atoms with Crippen molar-refractivity contribution in [1.82, 2.24) is 9.62 Å². The van der Waals surface area contributed by atoms with Gasteiger partial charge in [0.1, 0.15) is 0 Å². The molecule has 0 radical (unpaired) electrons. The van der Waals surface area contributed by atoms with Crippen molar-refractivity contribution < 1.29 is 8.42 Å². The monoisotopic (exact) mass is 282 g/mol. The average Bonchev–Trinajstić information content (AvgIpc) is 3.23. The molecular weight excluding hydrogens is 260 g/mol. The van der Waals surface area contributed by atoms with Gasteiger partial charge in [0.25, 0.3) is 0 Å². The molecule has 0 aromatic heterocycles. The Bertz CT molecular complexity index is 507. The van der Waals surface area contributed by atoms with E-state index in [1.165, 1.54) is 4.31 Å². The van der Waals surface area contributed by atoms with Gasteiger partial charge in [-0.3, -0.25) is 0 Å². The molecule has 0 spiro atoms. The Kier molecular flexibility index (Phi) is 4.60. The minimum atomic E-state index is -3.30. The Labute approximate surface area is 115 Å². The molecule has 0 atom stereocenters. The molecule has 1 aliphatic carbocycles. The van der Waals surface area contributed by atoms with Crippen LogP contribution in [0.3, 0.4) is 0 Å². The van der Waals surface area contributed by atoms with Crippen LogP contribution in [0.25, 0.3) is 0 Å². The molecule has 0 heterocycles. The second kappa shape index (κ2) is 6.03. The van der Waals surface area contributed by atoms with E-state index in [2.05, 4.69) is 12.2 Å². The number of hydrogen-bond donors (Lipinski definition) is 1. The van der Waals surface area contributed by atoms with Crippen molar-refractivity contribution in [2.45, 2.75) is 37.1 Å². The first-order valence-corrected chi connectivity index (χ1v) is 8.27. The number of nitrogens with zero attached hydrogens (tertiary/aromatic N) is 1. The number of rotatable bonds is 7. The lowest BCUT2D eigenvalue weighted by Crippen LogP contribution is -2.28. The van der Waals surface area contributed by atoms with Gasteiger partial charge >= 0.3 is 0 Å². The zero-order chi connectivity index (χ0) is 13.9. The van der Waals surface area contributed by atoms with Crippen molar-refractivity contribution in [3.05, 3.63) is 29.8 Å². The maximum Gasteiger partial charge on any atom is 0.243 e. The number of sulfonamides is 1. The van der Waals surface area contributed by atoms with Gasteiger partial charge in [-0.05, 0) is 50.0 Å². The van der Waals surface area contributed by atoms with E-state index in [1.807, 2.05) is 12.1 Å². The molecule has 0 amide bonds. The predicted octanol–water partition coefficient (Wildman–Crippen LogP) is 1.62. The summed E-state index contributed by atoms with van der Waals surface area (Å²) in [4.78, 5) is 0.397. The van der Waals surface area contributed by atoms with E-state index >= 15 is 0 Å². The van der Waals surface area contributed by atoms with Crippen molar-refractivity contribution in [3.63, 3.8) is 0 Å². The van der Waals surface area contributed by atoms with Crippen molar-refractivity contribution in [3.8, 4) is 0 Å². The summed E-state index contributed by atoms with van der Waals surface area (Å²) < 4.78 is 26.1. The largest absolute Gasteiger partial charge is 0.317 e. The van der Waals surface area contributed by atoms with Gasteiger partial charge in [-0.15, -0.1) is 0 Å². The molecular formula is C14H22N2O2S. The van der Waals surface area contributed by atoms with Gasteiger partial charge in [0.05, 0.1) is 4.90 Å². The fraction of sp³-hybridized carbons (Fsp3) is 0.571. The number of nitrogens with one attached hydrogen (secondary N) is 1. The molecule has 1 aliphatic rings. The Hall–Kier alpha value is -0.910. The van der Waals surface area contributed by atoms with E-state index in [1.54, 1.807) is 19.2 Å². The minimum Gasteiger partial charge on any atom is -0.317 e.